The molecule has 0 N–H and O–H groups in total. The second-order valence-electron chi connectivity index (χ2n) is 10.5. The van der Waals surface area contributed by atoms with E-state index in [1.54, 1.807) is 39.0 Å². The van der Waals surface area contributed by atoms with Crippen LogP contribution in [0.3, 0.4) is 0 Å². The third-order valence-corrected chi connectivity index (χ3v) is 8.70. The summed E-state index contributed by atoms with van der Waals surface area (Å²) in [7, 11) is 3.14. The molecule has 0 spiro atoms. The molecule has 0 unspecified atom stereocenters. The highest BCUT2D eigenvalue weighted by molar-refractivity contribution is 8.16. The van der Waals surface area contributed by atoms with Gasteiger partial charge in [0.15, 0.2) is 5.17 Å². The predicted octanol–water partition coefficient (Wildman–Crippen LogP) is 5.17. The summed E-state index contributed by atoms with van der Waals surface area (Å²) in [4.78, 5) is 48.6. The van der Waals surface area contributed by atoms with Gasteiger partial charge >= 0.3 is 11.9 Å². The Morgan fingerprint density at radius 3 is 2.48 bits per heavy atom. The predicted molar refractivity (Wildman–Crippen MR) is 168 cm³/mol. The number of fused-ring (bicyclic) bond motifs is 1. The molecule has 5 rings (SSSR count). The van der Waals surface area contributed by atoms with Crippen molar-refractivity contribution in [1.82, 2.24) is 9.80 Å². The van der Waals surface area contributed by atoms with Gasteiger partial charge in [-0.25, -0.2) is 9.79 Å². The van der Waals surface area contributed by atoms with E-state index in [1.807, 2.05) is 52.8 Å². The lowest BCUT2D eigenvalue weighted by molar-refractivity contribution is -0.151. The van der Waals surface area contributed by atoms with Crippen molar-refractivity contribution < 1.29 is 33.3 Å². The van der Waals surface area contributed by atoms with Crippen LogP contribution in [0, 0.1) is 5.92 Å². The van der Waals surface area contributed by atoms with E-state index in [0.29, 0.717) is 65.3 Å². The standard InChI is InChI=1S/C33H37N3O7S/c1-5-42-31(38)22-13-10-16-35(19-22)27(37)17-23-20-44-33-34-29(21-11-8-7-9-12-21)28(32(39)43-6-2)30(36(23)33)25-15-14-24(40-3)18-26(25)41-4/h7-9,11-12,14-15,18,20,22,30H,5-6,10,13,16-17,19H2,1-4H3/t22-,30+/m1/s1. The summed E-state index contributed by atoms with van der Waals surface area (Å²) in [6, 6.07) is 14.3. The fourth-order valence-corrected chi connectivity index (χ4v) is 6.67. The van der Waals surface area contributed by atoms with Crippen LogP contribution in [0.5, 0.6) is 11.5 Å². The summed E-state index contributed by atoms with van der Waals surface area (Å²) in [6.45, 7) is 4.92. The Hall–Kier alpha value is -4.25. The van der Waals surface area contributed by atoms with E-state index in [1.165, 1.54) is 11.8 Å². The lowest BCUT2D eigenvalue weighted by Crippen LogP contribution is -2.44. The number of rotatable bonds is 10. The van der Waals surface area contributed by atoms with E-state index in [4.69, 9.17) is 23.9 Å². The molecule has 1 saturated heterocycles. The Morgan fingerprint density at radius 2 is 1.77 bits per heavy atom. The Kier molecular flexibility index (Phi) is 9.94. The van der Waals surface area contributed by atoms with Crippen LogP contribution in [0.4, 0.5) is 0 Å². The number of carbonyl (C=O) groups excluding carboxylic acids is 3. The summed E-state index contributed by atoms with van der Waals surface area (Å²) < 4.78 is 22.1. The van der Waals surface area contributed by atoms with Gasteiger partial charge in [-0.05, 0) is 44.2 Å². The van der Waals surface area contributed by atoms with Crippen LogP contribution in [0.2, 0.25) is 0 Å². The van der Waals surface area contributed by atoms with Crippen LogP contribution >= 0.6 is 11.8 Å². The molecule has 44 heavy (non-hydrogen) atoms. The molecule has 0 aromatic heterocycles. The van der Waals surface area contributed by atoms with Gasteiger partial charge in [0.2, 0.25) is 5.91 Å². The first-order valence-electron chi connectivity index (χ1n) is 14.8. The largest absolute Gasteiger partial charge is 0.497 e. The zero-order chi connectivity index (χ0) is 31.2. The Morgan fingerprint density at radius 1 is 1.00 bits per heavy atom. The number of nitrogens with zero attached hydrogens (tertiary/aromatic N) is 3. The minimum Gasteiger partial charge on any atom is -0.497 e. The maximum atomic E-state index is 13.8. The molecule has 3 heterocycles. The number of ether oxygens (including phenoxy) is 4. The van der Waals surface area contributed by atoms with Gasteiger partial charge < -0.3 is 28.7 Å². The van der Waals surface area contributed by atoms with Crippen molar-refractivity contribution in [1.29, 1.82) is 0 Å². The Bertz CT molecular complexity index is 1500. The number of likely N-dealkylation sites (tertiary alicyclic amines) is 1. The molecule has 3 aliphatic heterocycles. The molecule has 0 aliphatic carbocycles. The molecular formula is C33H37N3O7S. The second-order valence-corrected chi connectivity index (χ2v) is 11.3. The number of aliphatic imine (C=N–C) groups is 1. The third kappa shape index (κ3) is 6.33. The SMILES string of the molecule is CCOC(=O)C1=C(c2ccccc2)N=C2SC=C(CC(=O)N3CCC[C@@H](C(=O)OCC)C3)N2[C@H]1c1ccc(OC)cc1OC. The molecule has 2 aromatic carbocycles. The van der Waals surface area contributed by atoms with Crippen molar-refractivity contribution in [2.75, 3.05) is 40.5 Å². The van der Waals surface area contributed by atoms with E-state index in [0.717, 1.165) is 12.0 Å². The summed E-state index contributed by atoms with van der Waals surface area (Å²) in [6.07, 6.45) is 1.48. The monoisotopic (exact) mass is 619 g/mol. The fraction of sp³-hybridized carbons (Fsp3) is 0.394. The smallest absolute Gasteiger partial charge is 0.338 e. The third-order valence-electron chi connectivity index (χ3n) is 7.81. The van der Waals surface area contributed by atoms with Gasteiger partial charge in [0, 0.05) is 36.0 Å². The van der Waals surface area contributed by atoms with Crippen molar-refractivity contribution >= 4 is 40.5 Å². The first kappa shape index (κ1) is 31.2. The highest BCUT2D eigenvalue weighted by Crippen LogP contribution is 2.49. The first-order valence-corrected chi connectivity index (χ1v) is 15.6. The minimum absolute atomic E-state index is 0.0628. The summed E-state index contributed by atoms with van der Waals surface area (Å²) in [5, 5.41) is 2.54. The summed E-state index contributed by atoms with van der Waals surface area (Å²) in [5.74, 6) is -0.106. The maximum Gasteiger partial charge on any atom is 0.338 e. The highest BCUT2D eigenvalue weighted by atomic mass is 32.2. The molecular weight excluding hydrogens is 582 g/mol. The van der Waals surface area contributed by atoms with Crippen molar-refractivity contribution in [3.8, 4) is 11.5 Å². The van der Waals surface area contributed by atoms with Gasteiger partial charge in [-0.3, -0.25) is 9.59 Å². The molecule has 11 heteroatoms. The second kappa shape index (κ2) is 14.0. The number of thioether (sulfide) groups is 1. The zero-order valence-corrected chi connectivity index (χ0v) is 26.2. The van der Waals surface area contributed by atoms with Crippen LogP contribution in [-0.2, 0) is 23.9 Å². The van der Waals surface area contributed by atoms with Gasteiger partial charge in [0.05, 0.1) is 57.1 Å². The normalized spacial score (nSPS) is 19.5. The molecule has 0 saturated carbocycles. The first-order chi connectivity index (χ1) is 21.4. The maximum absolute atomic E-state index is 13.8. The summed E-state index contributed by atoms with van der Waals surface area (Å²) in [5.41, 5.74) is 2.99. The van der Waals surface area contributed by atoms with Crippen LogP contribution in [0.25, 0.3) is 5.70 Å². The Balaban J connectivity index is 1.56. The quantitative estimate of drug-likeness (QED) is 0.333. The summed E-state index contributed by atoms with van der Waals surface area (Å²) >= 11 is 1.40. The number of hydrogen-bond acceptors (Lipinski definition) is 10. The van der Waals surface area contributed by atoms with E-state index in [9.17, 15) is 14.4 Å². The van der Waals surface area contributed by atoms with Gasteiger partial charge in [-0.15, -0.1) is 0 Å². The molecule has 0 radical (unpaired) electrons. The minimum atomic E-state index is -0.708. The van der Waals surface area contributed by atoms with Crippen LogP contribution in [0.1, 0.15) is 50.3 Å². The van der Waals surface area contributed by atoms with Crippen LogP contribution in [-0.4, -0.2) is 73.3 Å². The topological polar surface area (TPSA) is 107 Å². The lowest BCUT2D eigenvalue weighted by Gasteiger charge is -2.38. The lowest BCUT2D eigenvalue weighted by atomic mass is 9.90. The van der Waals surface area contributed by atoms with Crippen molar-refractivity contribution in [2.24, 2.45) is 10.9 Å². The average Bonchev–Trinajstić information content (AvgIpc) is 3.46. The molecule has 10 nitrogen and oxygen atoms in total. The number of piperidine rings is 1. The molecule has 1 amide bonds. The van der Waals surface area contributed by atoms with Gasteiger partial charge in [-0.2, -0.15) is 0 Å². The van der Waals surface area contributed by atoms with Crippen LogP contribution < -0.4 is 9.47 Å². The average molecular weight is 620 g/mol. The molecule has 2 atom stereocenters. The number of benzene rings is 2. The van der Waals surface area contributed by atoms with Gasteiger partial charge in [-0.1, -0.05) is 42.1 Å². The molecule has 1 fully saturated rings. The van der Waals surface area contributed by atoms with E-state index in [-0.39, 0.29) is 30.8 Å². The number of esters is 2. The van der Waals surface area contributed by atoms with E-state index < -0.39 is 12.0 Å². The highest BCUT2D eigenvalue weighted by Gasteiger charge is 2.44. The number of amides is 1. The number of hydrogen-bond donors (Lipinski definition) is 0. The fourth-order valence-electron chi connectivity index (χ4n) is 5.75. The van der Waals surface area contributed by atoms with Gasteiger partial charge in [0.1, 0.15) is 11.5 Å². The van der Waals surface area contributed by atoms with Crippen LogP contribution in [0.15, 0.2) is 70.2 Å². The van der Waals surface area contributed by atoms with Crippen molar-refractivity contribution in [3.05, 3.63) is 76.3 Å². The van der Waals surface area contributed by atoms with Crippen molar-refractivity contribution in [3.63, 3.8) is 0 Å². The molecule has 2 aromatic rings. The Labute approximate surface area is 261 Å². The van der Waals surface area contributed by atoms with Gasteiger partial charge in [0.25, 0.3) is 0 Å². The molecule has 3 aliphatic rings. The number of carbonyl (C=O) groups is 3. The van der Waals surface area contributed by atoms with E-state index in [2.05, 4.69) is 0 Å². The van der Waals surface area contributed by atoms with E-state index >= 15 is 0 Å². The molecule has 232 valence electrons. The number of amidine groups is 1. The zero-order valence-electron chi connectivity index (χ0n) is 25.4. The molecule has 0 bridgehead atoms. The van der Waals surface area contributed by atoms with Crippen molar-refractivity contribution in [2.45, 2.75) is 39.2 Å². The number of methoxy groups -OCH3 is 2.